The van der Waals surface area contributed by atoms with Crippen molar-refractivity contribution in [2.45, 2.75) is 6.61 Å². The summed E-state index contributed by atoms with van der Waals surface area (Å²) in [6.45, 7) is 0.242. The number of para-hydroxylation sites is 1. The molecular weight excluding hydrogens is 532 g/mol. The first-order valence-corrected chi connectivity index (χ1v) is 10.9. The molecule has 0 atom stereocenters. The third kappa shape index (κ3) is 5.81. The maximum atomic E-state index is 12.8. The van der Waals surface area contributed by atoms with Crippen LogP contribution in [0.4, 0.5) is 5.69 Å². The molecule has 0 heterocycles. The summed E-state index contributed by atoms with van der Waals surface area (Å²) in [6.07, 6.45) is 0. The van der Waals surface area contributed by atoms with Crippen LogP contribution < -0.4 is 20.1 Å². The molecule has 8 heteroatoms. The van der Waals surface area contributed by atoms with Gasteiger partial charge >= 0.3 is 0 Å². The van der Waals surface area contributed by atoms with Gasteiger partial charge in [-0.15, -0.1) is 0 Å². The Labute approximate surface area is 197 Å². The van der Waals surface area contributed by atoms with Gasteiger partial charge in [-0.3, -0.25) is 10.1 Å². The van der Waals surface area contributed by atoms with E-state index in [2.05, 4.69) is 42.5 Å². The normalized spacial score (nSPS) is 10.2. The van der Waals surface area contributed by atoms with E-state index in [-0.39, 0.29) is 17.6 Å². The number of thiocarbonyl (C=S) groups is 1. The van der Waals surface area contributed by atoms with Gasteiger partial charge in [0.15, 0.2) is 5.11 Å². The zero-order valence-electron chi connectivity index (χ0n) is 15.9. The van der Waals surface area contributed by atoms with Gasteiger partial charge in [-0.1, -0.05) is 24.3 Å². The van der Waals surface area contributed by atoms with Crippen LogP contribution in [0, 0.1) is 0 Å². The Hall–Kier alpha value is -2.42. The van der Waals surface area contributed by atoms with Gasteiger partial charge in [-0.25, -0.2) is 0 Å². The molecule has 0 spiro atoms. The minimum Gasteiger partial charge on any atom is -0.497 e. The molecule has 0 saturated carbocycles. The highest BCUT2D eigenvalue weighted by Gasteiger charge is 2.14. The monoisotopic (exact) mass is 548 g/mol. The number of amides is 1. The van der Waals surface area contributed by atoms with E-state index in [0.29, 0.717) is 11.3 Å². The number of hydrogen-bond donors (Lipinski definition) is 2. The third-order valence-electron chi connectivity index (χ3n) is 4.14. The number of carbonyl (C=O) groups is 1. The molecule has 0 unspecified atom stereocenters. The van der Waals surface area contributed by atoms with E-state index in [4.69, 9.17) is 21.7 Å². The van der Waals surface area contributed by atoms with Crippen molar-refractivity contribution in [3.63, 3.8) is 0 Å². The molecule has 0 saturated heterocycles. The fourth-order valence-corrected chi connectivity index (χ4v) is 4.02. The summed E-state index contributed by atoms with van der Waals surface area (Å²) >= 11 is 12.2. The molecule has 0 aromatic heterocycles. The van der Waals surface area contributed by atoms with Gasteiger partial charge in [0.25, 0.3) is 5.91 Å². The molecule has 2 N–H and O–H groups in total. The SMILES string of the molecule is COc1ccc(OCc2ccccc2C(=O)NC(=S)Nc2c(Br)cccc2Br)cc1. The summed E-state index contributed by atoms with van der Waals surface area (Å²) in [5.41, 5.74) is 1.97. The van der Waals surface area contributed by atoms with E-state index in [1.807, 2.05) is 54.6 Å². The molecular formula is C22H18Br2N2O3S. The molecule has 3 aromatic carbocycles. The Morgan fingerprint density at radius 3 is 2.23 bits per heavy atom. The van der Waals surface area contributed by atoms with E-state index in [1.54, 1.807) is 19.2 Å². The van der Waals surface area contributed by atoms with Crippen molar-refractivity contribution in [1.29, 1.82) is 0 Å². The lowest BCUT2D eigenvalue weighted by atomic mass is 10.1. The topological polar surface area (TPSA) is 59.6 Å². The van der Waals surface area contributed by atoms with Gasteiger partial charge < -0.3 is 14.8 Å². The summed E-state index contributed by atoms with van der Waals surface area (Å²) in [5.74, 6) is 1.12. The first-order chi connectivity index (χ1) is 14.5. The van der Waals surface area contributed by atoms with Crippen molar-refractivity contribution in [1.82, 2.24) is 5.32 Å². The van der Waals surface area contributed by atoms with Crippen LogP contribution in [0.3, 0.4) is 0 Å². The lowest BCUT2D eigenvalue weighted by Gasteiger charge is -2.14. The van der Waals surface area contributed by atoms with Crippen LogP contribution in [-0.2, 0) is 6.61 Å². The Morgan fingerprint density at radius 1 is 0.933 bits per heavy atom. The van der Waals surface area contributed by atoms with Crippen molar-refractivity contribution in [2.75, 3.05) is 12.4 Å². The van der Waals surface area contributed by atoms with Crippen molar-refractivity contribution in [3.05, 3.63) is 86.8 Å². The maximum Gasteiger partial charge on any atom is 0.257 e. The molecule has 0 fully saturated rings. The molecule has 5 nitrogen and oxygen atoms in total. The summed E-state index contributed by atoms with van der Waals surface area (Å²) in [6, 6.07) is 20.2. The molecule has 3 rings (SSSR count). The van der Waals surface area contributed by atoms with Crippen molar-refractivity contribution < 1.29 is 14.3 Å². The third-order valence-corrected chi connectivity index (χ3v) is 5.67. The van der Waals surface area contributed by atoms with E-state index in [1.165, 1.54) is 0 Å². The predicted octanol–water partition coefficient (Wildman–Crippen LogP) is 5.93. The first-order valence-electron chi connectivity index (χ1n) is 8.89. The number of halogens is 2. The van der Waals surface area contributed by atoms with Crippen LogP contribution in [0.2, 0.25) is 0 Å². The van der Waals surface area contributed by atoms with E-state index >= 15 is 0 Å². The highest BCUT2D eigenvalue weighted by atomic mass is 79.9. The number of methoxy groups -OCH3 is 1. The Bertz CT molecular complexity index is 1040. The average molecular weight is 550 g/mol. The van der Waals surface area contributed by atoms with Crippen LogP contribution >= 0.6 is 44.1 Å². The largest absolute Gasteiger partial charge is 0.497 e. The second-order valence-corrected chi connectivity index (χ2v) is 8.24. The molecule has 3 aromatic rings. The van der Waals surface area contributed by atoms with Gasteiger partial charge in [-0.05, 0) is 86.5 Å². The zero-order chi connectivity index (χ0) is 21.5. The molecule has 0 radical (unpaired) electrons. The number of nitrogens with one attached hydrogen (secondary N) is 2. The van der Waals surface area contributed by atoms with Crippen LogP contribution in [0.15, 0.2) is 75.7 Å². The fourth-order valence-electron chi connectivity index (χ4n) is 2.63. The molecule has 0 aliphatic heterocycles. The molecule has 30 heavy (non-hydrogen) atoms. The number of ether oxygens (including phenoxy) is 2. The second kappa shape index (κ2) is 10.6. The summed E-state index contributed by atoms with van der Waals surface area (Å²) < 4.78 is 12.6. The maximum absolute atomic E-state index is 12.8. The van der Waals surface area contributed by atoms with E-state index in [0.717, 1.165) is 25.9 Å². The van der Waals surface area contributed by atoms with Crippen LogP contribution in [0.5, 0.6) is 11.5 Å². The minimum absolute atomic E-state index is 0.193. The molecule has 0 aliphatic carbocycles. The Balaban J connectivity index is 1.66. The Kier molecular flexibility index (Phi) is 7.84. The number of carbonyl (C=O) groups excluding carboxylic acids is 1. The fraction of sp³-hybridized carbons (Fsp3) is 0.0909. The van der Waals surface area contributed by atoms with E-state index < -0.39 is 0 Å². The summed E-state index contributed by atoms with van der Waals surface area (Å²) in [5, 5.41) is 5.94. The molecule has 154 valence electrons. The second-order valence-electron chi connectivity index (χ2n) is 6.13. The standard InChI is InChI=1S/C22H18Br2N2O3S/c1-28-15-9-11-16(12-10-15)29-13-14-5-2-3-6-17(14)21(27)26-22(30)25-20-18(23)7-4-8-19(20)24/h2-12H,13H2,1H3,(H2,25,26,27,30). The minimum atomic E-state index is -0.315. The van der Waals surface area contributed by atoms with Crippen LogP contribution in [0.25, 0.3) is 0 Å². The summed E-state index contributed by atoms with van der Waals surface area (Å²) in [7, 11) is 1.61. The predicted molar refractivity (Wildman–Crippen MR) is 129 cm³/mol. The van der Waals surface area contributed by atoms with Gasteiger partial charge in [0.1, 0.15) is 18.1 Å². The smallest absolute Gasteiger partial charge is 0.257 e. The lowest BCUT2D eigenvalue weighted by Crippen LogP contribution is -2.35. The van der Waals surface area contributed by atoms with Gasteiger partial charge in [0.2, 0.25) is 0 Å². The lowest BCUT2D eigenvalue weighted by molar-refractivity contribution is 0.0975. The number of benzene rings is 3. The van der Waals surface area contributed by atoms with Gasteiger partial charge in [-0.2, -0.15) is 0 Å². The summed E-state index contributed by atoms with van der Waals surface area (Å²) in [4.78, 5) is 12.8. The molecule has 0 aliphatic rings. The molecule has 1 amide bonds. The van der Waals surface area contributed by atoms with Gasteiger partial charge in [0, 0.05) is 20.1 Å². The van der Waals surface area contributed by atoms with Crippen molar-refractivity contribution >= 4 is 60.8 Å². The zero-order valence-corrected chi connectivity index (χ0v) is 19.9. The number of hydrogen-bond acceptors (Lipinski definition) is 4. The highest BCUT2D eigenvalue weighted by molar-refractivity contribution is 9.11. The van der Waals surface area contributed by atoms with Crippen LogP contribution in [-0.4, -0.2) is 18.1 Å². The highest BCUT2D eigenvalue weighted by Crippen LogP contribution is 2.30. The number of anilines is 1. The Morgan fingerprint density at radius 2 is 1.57 bits per heavy atom. The van der Waals surface area contributed by atoms with Crippen LogP contribution in [0.1, 0.15) is 15.9 Å². The van der Waals surface area contributed by atoms with Gasteiger partial charge in [0.05, 0.1) is 12.8 Å². The first kappa shape index (κ1) is 22.3. The number of rotatable bonds is 6. The van der Waals surface area contributed by atoms with E-state index in [9.17, 15) is 4.79 Å². The quantitative estimate of drug-likeness (QED) is 0.373. The molecule has 0 bridgehead atoms. The van der Waals surface area contributed by atoms with Crippen molar-refractivity contribution in [2.24, 2.45) is 0 Å². The average Bonchev–Trinajstić information content (AvgIpc) is 2.75. The van der Waals surface area contributed by atoms with Crippen molar-refractivity contribution in [3.8, 4) is 11.5 Å².